The fraction of sp³-hybridized carbons (Fsp3) is 0.143. The molecule has 2 rings (SSSR count). The van der Waals surface area contributed by atoms with Crippen LogP contribution in [0.2, 0.25) is 0 Å². The van der Waals surface area contributed by atoms with Crippen LogP contribution < -0.4 is 11.2 Å². The number of hydrogen-bond donors (Lipinski definition) is 4. The van der Waals surface area contributed by atoms with Crippen LogP contribution in [0.1, 0.15) is 13.3 Å². The molecular formula is C14H15N3O7S2. The van der Waals surface area contributed by atoms with Crippen LogP contribution >= 0.6 is 0 Å². The third kappa shape index (κ3) is 4.35. The molecule has 0 aliphatic rings. The Labute approximate surface area is 149 Å². The highest BCUT2D eigenvalue weighted by Gasteiger charge is 2.22. The second-order valence-corrected chi connectivity index (χ2v) is 8.12. The fourth-order valence-corrected chi connectivity index (χ4v) is 3.74. The number of anilines is 1. The van der Waals surface area contributed by atoms with E-state index in [1.54, 1.807) is 0 Å². The van der Waals surface area contributed by atoms with Crippen molar-refractivity contribution in [3.05, 3.63) is 30.3 Å². The maximum absolute atomic E-state index is 11.7. The van der Waals surface area contributed by atoms with E-state index in [0.717, 1.165) is 12.1 Å². The lowest BCUT2D eigenvalue weighted by molar-refractivity contribution is -0.116. The number of benzene rings is 2. The topological polar surface area (TPSA) is 176 Å². The molecule has 0 unspecified atom stereocenters. The van der Waals surface area contributed by atoms with E-state index in [9.17, 15) is 30.7 Å². The smallest absolute Gasteiger partial charge is 0.295 e. The minimum absolute atomic E-state index is 0.0319. The van der Waals surface area contributed by atoms with E-state index in [0.29, 0.717) is 0 Å². The Morgan fingerprint density at radius 3 is 2.23 bits per heavy atom. The number of rotatable bonds is 6. The molecule has 0 fully saturated rings. The van der Waals surface area contributed by atoms with E-state index < -0.39 is 35.9 Å². The van der Waals surface area contributed by atoms with Crippen molar-refractivity contribution in [1.29, 1.82) is 0 Å². The van der Waals surface area contributed by atoms with Crippen LogP contribution in [-0.4, -0.2) is 37.6 Å². The van der Waals surface area contributed by atoms with Crippen LogP contribution in [0.5, 0.6) is 0 Å². The van der Waals surface area contributed by atoms with Gasteiger partial charge < -0.3 is 5.73 Å². The molecule has 0 bridgehead atoms. The van der Waals surface area contributed by atoms with E-state index in [-0.39, 0.29) is 28.6 Å². The highest BCUT2D eigenvalue weighted by Crippen LogP contribution is 2.34. The molecule has 0 atom stereocenters. The van der Waals surface area contributed by atoms with Crippen molar-refractivity contribution >= 4 is 48.3 Å². The number of amides is 1. The van der Waals surface area contributed by atoms with Gasteiger partial charge in [-0.2, -0.15) is 21.9 Å². The summed E-state index contributed by atoms with van der Waals surface area (Å²) in [7, 11) is -9.37. The van der Waals surface area contributed by atoms with Gasteiger partial charge in [0.25, 0.3) is 20.2 Å². The van der Waals surface area contributed by atoms with Gasteiger partial charge in [-0.05, 0) is 25.1 Å². The lowest BCUT2D eigenvalue weighted by Gasteiger charge is -2.12. The number of fused-ring (bicyclic) bond motifs is 1. The molecule has 0 saturated heterocycles. The first-order valence-electron chi connectivity index (χ1n) is 6.99. The minimum Gasteiger partial charge on any atom is -0.369 e. The average Bonchev–Trinajstić information content (AvgIpc) is 2.49. The second-order valence-electron chi connectivity index (χ2n) is 5.34. The summed E-state index contributed by atoms with van der Waals surface area (Å²) in [6.07, 6.45) is -0.154. The Morgan fingerprint density at radius 2 is 1.69 bits per heavy atom. The number of nitrogens with one attached hydrogen (secondary N) is 1. The zero-order chi connectivity index (χ0) is 19.7. The molecule has 12 heteroatoms. The normalized spacial score (nSPS) is 13.0. The minimum atomic E-state index is -4.71. The van der Waals surface area contributed by atoms with E-state index in [4.69, 9.17) is 5.73 Å². The lowest BCUT2D eigenvalue weighted by atomic mass is 10.1. The van der Waals surface area contributed by atoms with Gasteiger partial charge in [0.05, 0.1) is 12.1 Å². The zero-order valence-corrected chi connectivity index (χ0v) is 15.0. The molecule has 10 nitrogen and oxygen atoms in total. The number of nitrogens with zero attached hydrogens (tertiary/aromatic N) is 1. The van der Waals surface area contributed by atoms with Crippen molar-refractivity contribution < 1.29 is 30.7 Å². The van der Waals surface area contributed by atoms with Crippen LogP contribution in [0, 0.1) is 0 Å². The van der Waals surface area contributed by atoms with E-state index in [1.807, 2.05) is 0 Å². The SMILES string of the molecule is C/C(CC(N)=O)=N\Nc1ccc(S(=O)(=O)O)c2cccc(S(=O)(=O)O)c12. The quantitative estimate of drug-likeness (QED) is 0.314. The van der Waals surface area contributed by atoms with E-state index >= 15 is 0 Å². The van der Waals surface area contributed by atoms with Crippen molar-refractivity contribution in [3.63, 3.8) is 0 Å². The summed E-state index contributed by atoms with van der Waals surface area (Å²) in [5, 5.41) is 3.54. The predicted molar refractivity (Wildman–Crippen MR) is 94.1 cm³/mol. The third-order valence-corrected chi connectivity index (χ3v) is 5.12. The summed E-state index contributed by atoms with van der Waals surface area (Å²) < 4.78 is 65.2. The molecule has 0 saturated carbocycles. The highest BCUT2D eigenvalue weighted by molar-refractivity contribution is 7.86. The molecule has 2 aromatic carbocycles. The van der Waals surface area contributed by atoms with Crippen LogP contribution in [0.4, 0.5) is 5.69 Å². The number of hydrogen-bond acceptors (Lipinski definition) is 7. The summed E-state index contributed by atoms with van der Waals surface area (Å²) in [6.45, 7) is 1.50. The summed E-state index contributed by atoms with van der Waals surface area (Å²) in [4.78, 5) is 9.76. The lowest BCUT2D eigenvalue weighted by Crippen LogP contribution is -2.15. The predicted octanol–water partition coefficient (Wildman–Crippen LogP) is 0.996. The van der Waals surface area contributed by atoms with Crippen LogP contribution in [0.25, 0.3) is 10.8 Å². The number of carbonyl (C=O) groups is 1. The average molecular weight is 401 g/mol. The Morgan fingerprint density at radius 1 is 1.08 bits per heavy atom. The third-order valence-electron chi connectivity index (χ3n) is 3.32. The standard InChI is InChI=1S/C14H15N3O7S2/c1-8(7-13(15)18)16-17-10-5-6-11(25(19,20)21)9-3-2-4-12(14(9)10)26(22,23)24/h2-6,17H,7H2,1H3,(H2,15,18)(H,19,20,21)(H,22,23,24)/b16-8+. The van der Waals surface area contributed by atoms with E-state index in [2.05, 4.69) is 10.5 Å². The highest BCUT2D eigenvalue weighted by atomic mass is 32.2. The maximum Gasteiger partial charge on any atom is 0.295 e. The van der Waals surface area contributed by atoms with Gasteiger partial charge in [-0.25, -0.2) is 0 Å². The van der Waals surface area contributed by atoms with Gasteiger partial charge >= 0.3 is 0 Å². The number of hydrazone groups is 1. The van der Waals surface area contributed by atoms with Crippen molar-refractivity contribution in [2.45, 2.75) is 23.1 Å². The molecule has 2 aromatic rings. The molecule has 0 heterocycles. The molecule has 0 aliphatic heterocycles. The van der Waals surface area contributed by atoms with Gasteiger partial charge in [0, 0.05) is 16.5 Å². The second kappa shape index (κ2) is 6.99. The number of primary amides is 1. The summed E-state index contributed by atoms with van der Waals surface area (Å²) in [5.41, 5.74) is 7.88. The first-order valence-corrected chi connectivity index (χ1v) is 9.87. The number of nitrogens with two attached hydrogens (primary N) is 1. The first kappa shape index (κ1) is 19.8. The van der Waals surface area contributed by atoms with Crippen molar-refractivity contribution in [3.8, 4) is 0 Å². The van der Waals surface area contributed by atoms with Gasteiger partial charge in [-0.1, -0.05) is 12.1 Å². The largest absolute Gasteiger partial charge is 0.369 e. The van der Waals surface area contributed by atoms with Crippen molar-refractivity contribution in [2.24, 2.45) is 10.8 Å². The molecule has 0 spiro atoms. The van der Waals surface area contributed by atoms with Gasteiger partial charge in [0.2, 0.25) is 5.91 Å². The van der Waals surface area contributed by atoms with Crippen LogP contribution in [0.15, 0.2) is 45.2 Å². The maximum atomic E-state index is 11.7. The number of carbonyl (C=O) groups excluding carboxylic acids is 1. The van der Waals surface area contributed by atoms with Gasteiger partial charge in [-0.15, -0.1) is 0 Å². The van der Waals surface area contributed by atoms with Gasteiger partial charge in [0.1, 0.15) is 9.79 Å². The molecule has 140 valence electrons. The fourth-order valence-electron chi connectivity index (χ4n) is 2.33. The molecule has 5 N–H and O–H groups in total. The summed E-state index contributed by atoms with van der Waals surface area (Å²) in [5.74, 6) is -0.627. The molecule has 1 amide bonds. The monoisotopic (exact) mass is 401 g/mol. The Balaban J connectivity index is 2.78. The zero-order valence-electron chi connectivity index (χ0n) is 13.4. The first-order chi connectivity index (χ1) is 11.9. The summed E-state index contributed by atoms with van der Waals surface area (Å²) in [6, 6.07) is 5.76. The van der Waals surface area contributed by atoms with Crippen molar-refractivity contribution in [1.82, 2.24) is 0 Å². The molecular weight excluding hydrogens is 386 g/mol. The Bertz CT molecular complexity index is 1120. The van der Waals surface area contributed by atoms with E-state index in [1.165, 1.54) is 25.1 Å². The van der Waals surface area contributed by atoms with Gasteiger partial charge in [-0.3, -0.25) is 19.3 Å². The van der Waals surface area contributed by atoms with Gasteiger partial charge in [0.15, 0.2) is 0 Å². The molecule has 26 heavy (non-hydrogen) atoms. The molecule has 0 aromatic heterocycles. The molecule has 0 aliphatic carbocycles. The summed E-state index contributed by atoms with van der Waals surface area (Å²) >= 11 is 0. The van der Waals surface area contributed by atoms with Crippen molar-refractivity contribution in [2.75, 3.05) is 5.43 Å². The van der Waals surface area contributed by atoms with Crippen LogP contribution in [0.3, 0.4) is 0 Å². The molecule has 0 radical (unpaired) electrons. The van der Waals surface area contributed by atoms with Crippen LogP contribution in [-0.2, 0) is 25.0 Å². The Hall–Kier alpha value is -2.54. The Kier molecular flexibility index (Phi) is 5.32.